The number of hydrogen-bond donors (Lipinski definition) is 1. The Morgan fingerprint density at radius 3 is 2.65 bits per heavy atom. The number of aromatic carboxylic acids is 1. The summed E-state index contributed by atoms with van der Waals surface area (Å²) >= 11 is 11.9. The standard InChI is InChI=1S/C11H11Cl2NO3/c1-3-17-14-6(2)9-8(12)5-4-7(10(9)13)11(15)16/h4-5H,3H2,1-2H3,(H,15,16). The van der Waals surface area contributed by atoms with Crippen molar-refractivity contribution < 1.29 is 14.7 Å². The maximum absolute atomic E-state index is 10.9. The average molecular weight is 276 g/mol. The number of carboxylic acids is 1. The summed E-state index contributed by atoms with van der Waals surface area (Å²) in [6.45, 7) is 3.84. The molecular weight excluding hydrogens is 265 g/mol. The van der Waals surface area contributed by atoms with Crippen LogP contribution in [0.5, 0.6) is 0 Å². The second-order valence-corrected chi connectivity index (χ2v) is 3.97. The van der Waals surface area contributed by atoms with Crippen molar-refractivity contribution in [2.75, 3.05) is 6.61 Å². The van der Waals surface area contributed by atoms with Gasteiger partial charge in [0.15, 0.2) is 0 Å². The second kappa shape index (κ2) is 5.89. The summed E-state index contributed by atoms with van der Waals surface area (Å²) in [4.78, 5) is 15.8. The zero-order chi connectivity index (χ0) is 13.0. The van der Waals surface area contributed by atoms with Crippen LogP contribution in [0.15, 0.2) is 17.3 Å². The minimum atomic E-state index is -1.11. The zero-order valence-electron chi connectivity index (χ0n) is 9.33. The number of halogens is 2. The molecule has 0 heterocycles. The molecule has 1 aromatic carbocycles. The lowest BCUT2D eigenvalue weighted by molar-refractivity contribution is 0.0697. The Morgan fingerprint density at radius 2 is 2.12 bits per heavy atom. The smallest absolute Gasteiger partial charge is 0.337 e. The molecule has 0 aromatic heterocycles. The van der Waals surface area contributed by atoms with Gasteiger partial charge >= 0.3 is 5.97 Å². The fourth-order valence-electron chi connectivity index (χ4n) is 1.26. The molecule has 0 saturated heterocycles. The summed E-state index contributed by atoms with van der Waals surface area (Å²) in [6, 6.07) is 2.82. The van der Waals surface area contributed by atoms with E-state index in [1.807, 2.05) is 0 Å². The van der Waals surface area contributed by atoms with Gasteiger partial charge in [-0.05, 0) is 26.0 Å². The van der Waals surface area contributed by atoms with E-state index < -0.39 is 5.97 Å². The highest BCUT2D eigenvalue weighted by molar-refractivity contribution is 6.41. The first-order chi connectivity index (χ1) is 7.99. The molecule has 0 unspecified atom stereocenters. The molecule has 0 aliphatic rings. The fourth-order valence-corrected chi connectivity index (χ4v) is 1.98. The van der Waals surface area contributed by atoms with Crippen LogP contribution in [-0.4, -0.2) is 23.4 Å². The maximum atomic E-state index is 10.9. The predicted octanol–water partition coefficient (Wildman–Crippen LogP) is 3.45. The van der Waals surface area contributed by atoms with Gasteiger partial charge in [-0.15, -0.1) is 0 Å². The van der Waals surface area contributed by atoms with Crippen LogP contribution in [0.2, 0.25) is 10.0 Å². The molecule has 1 N–H and O–H groups in total. The third-order valence-corrected chi connectivity index (χ3v) is 2.72. The number of oxime groups is 1. The van der Waals surface area contributed by atoms with Crippen molar-refractivity contribution in [1.82, 2.24) is 0 Å². The van der Waals surface area contributed by atoms with Gasteiger partial charge in [-0.3, -0.25) is 0 Å². The van der Waals surface area contributed by atoms with Crippen molar-refractivity contribution in [3.05, 3.63) is 33.3 Å². The van der Waals surface area contributed by atoms with Gasteiger partial charge in [0.25, 0.3) is 0 Å². The molecule has 0 atom stereocenters. The SMILES string of the molecule is CCON=C(C)c1c(Cl)ccc(C(=O)O)c1Cl. The van der Waals surface area contributed by atoms with E-state index in [9.17, 15) is 4.79 Å². The van der Waals surface area contributed by atoms with Crippen LogP contribution in [0.1, 0.15) is 29.8 Å². The Balaban J connectivity index is 3.32. The van der Waals surface area contributed by atoms with Crippen LogP contribution in [0.3, 0.4) is 0 Å². The molecule has 0 spiro atoms. The van der Waals surface area contributed by atoms with Crippen molar-refractivity contribution in [1.29, 1.82) is 0 Å². The van der Waals surface area contributed by atoms with Gasteiger partial charge in [0.2, 0.25) is 0 Å². The minimum absolute atomic E-state index is 0.0166. The highest BCUT2D eigenvalue weighted by Gasteiger charge is 2.17. The molecule has 1 aromatic rings. The van der Waals surface area contributed by atoms with E-state index >= 15 is 0 Å². The Morgan fingerprint density at radius 1 is 1.47 bits per heavy atom. The quantitative estimate of drug-likeness (QED) is 0.676. The minimum Gasteiger partial charge on any atom is -0.478 e. The average Bonchev–Trinajstić information content (AvgIpc) is 2.25. The van der Waals surface area contributed by atoms with E-state index in [4.69, 9.17) is 33.1 Å². The van der Waals surface area contributed by atoms with Crippen LogP contribution >= 0.6 is 23.2 Å². The lowest BCUT2D eigenvalue weighted by atomic mass is 10.1. The molecule has 0 amide bonds. The van der Waals surface area contributed by atoms with Gasteiger partial charge in [0, 0.05) is 5.56 Å². The van der Waals surface area contributed by atoms with Crippen molar-refractivity contribution >= 4 is 34.9 Å². The molecule has 92 valence electrons. The molecule has 1 rings (SSSR count). The van der Waals surface area contributed by atoms with Gasteiger partial charge < -0.3 is 9.94 Å². The summed E-state index contributed by atoms with van der Waals surface area (Å²) in [5.41, 5.74) is 0.795. The largest absolute Gasteiger partial charge is 0.478 e. The number of benzene rings is 1. The van der Waals surface area contributed by atoms with E-state index in [1.54, 1.807) is 13.8 Å². The van der Waals surface area contributed by atoms with E-state index in [1.165, 1.54) is 12.1 Å². The lowest BCUT2D eigenvalue weighted by Gasteiger charge is -2.08. The maximum Gasteiger partial charge on any atom is 0.337 e. The molecule has 0 aliphatic heterocycles. The highest BCUT2D eigenvalue weighted by Crippen LogP contribution is 2.29. The predicted molar refractivity (Wildman–Crippen MR) is 67.3 cm³/mol. The van der Waals surface area contributed by atoms with Crippen LogP contribution in [0.25, 0.3) is 0 Å². The Bertz CT molecular complexity index is 472. The topological polar surface area (TPSA) is 58.9 Å². The Kier molecular flexibility index (Phi) is 4.78. The van der Waals surface area contributed by atoms with Gasteiger partial charge in [-0.1, -0.05) is 28.4 Å². The Hall–Kier alpha value is -1.26. The molecule has 0 radical (unpaired) electrons. The first-order valence-electron chi connectivity index (χ1n) is 4.87. The van der Waals surface area contributed by atoms with E-state index in [2.05, 4.69) is 5.16 Å². The van der Waals surface area contributed by atoms with Crippen molar-refractivity contribution in [2.45, 2.75) is 13.8 Å². The molecule has 0 saturated carbocycles. The van der Waals surface area contributed by atoms with Gasteiger partial charge in [0.05, 0.1) is 21.3 Å². The molecule has 0 bridgehead atoms. The van der Waals surface area contributed by atoms with Crippen LogP contribution in [0, 0.1) is 0 Å². The third-order valence-electron chi connectivity index (χ3n) is 2.01. The third kappa shape index (κ3) is 3.11. The molecule has 6 heteroatoms. The monoisotopic (exact) mass is 275 g/mol. The van der Waals surface area contributed by atoms with Crippen molar-refractivity contribution in [3.8, 4) is 0 Å². The summed E-state index contributed by atoms with van der Waals surface area (Å²) in [7, 11) is 0. The highest BCUT2D eigenvalue weighted by atomic mass is 35.5. The molecular formula is C11H11Cl2NO3. The molecule has 0 aliphatic carbocycles. The fraction of sp³-hybridized carbons (Fsp3) is 0.273. The van der Waals surface area contributed by atoms with Gasteiger partial charge in [-0.25, -0.2) is 4.79 Å². The van der Waals surface area contributed by atoms with Crippen LogP contribution in [-0.2, 0) is 4.84 Å². The van der Waals surface area contributed by atoms with Crippen molar-refractivity contribution in [3.63, 3.8) is 0 Å². The second-order valence-electron chi connectivity index (χ2n) is 3.18. The van der Waals surface area contributed by atoms with Gasteiger partial charge in [0.1, 0.15) is 6.61 Å². The molecule has 17 heavy (non-hydrogen) atoms. The number of rotatable bonds is 4. The summed E-state index contributed by atoms with van der Waals surface area (Å²) in [6.07, 6.45) is 0. The Labute approximate surface area is 109 Å². The number of carboxylic acid groups (broad SMARTS) is 1. The summed E-state index contributed by atoms with van der Waals surface area (Å²) in [5, 5.41) is 13.1. The molecule has 4 nitrogen and oxygen atoms in total. The normalized spacial score (nSPS) is 11.4. The van der Waals surface area contributed by atoms with E-state index in [-0.39, 0.29) is 10.6 Å². The lowest BCUT2D eigenvalue weighted by Crippen LogP contribution is -2.05. The first kappa shape index (κ1) is 13.8. The number of hydrogen-bond acceptors (Lipinski definition) is 3. The van der Waals surface area contributed by atoms with E-state index in [0.717, 1.165) is 0 Å². The first-order valence-corrected chi connectivity index (χ1v) is 5.62. The zero-order valence-corrected chi connectivity index (χ0v) is 10.8. The van der Waals surface area contributed by atoms with Crippen LogP contribution in [0.4, 0.5) is 0 Å². The van der Waals surface area contributed by atoms with Gasteiger partial charge in [-0.2, -0.15) is 0 Å². The summed E-state index contributed by atoms with van der Waals surface area (Å²) in [5.74, 6) is -1.11. The van der Waals surface area contributed by atoms with Crippen molar-refractivity contribution in [2.24, 2.45) is 5.16 Å². The number of carbonyl (C=O) groups is 1. The van der Waals surface area contributed by atoms with E-state index in [0.29, 0.717) is 22.9 Å². The molecule has 0 fully saturated rings. The summed E-state index contributed by atoms with van der Waals surface area (Å²) < 4.78 is 0. The number of nitrogens with zero attached hydrogens (tertiary/aromatic N) is 1. The van der Waals surface area contributed by atoms with Crippen LogP contribution < -0.4 is 0 Å².